The third-order valence-corrected chi connectivity index (χ3v) is 2.34. The minimum Gasteiger partial charge on any atom is -0.508 e. The monoisotopic (exact) mass is 243 g/mol. The lowest BCUT2D eigenvalue weighted by atomic mass is 10.2. The summed E-state index contributed by atoms with van der Waals surface area (Å²) >= 11 is 0. The molecule has 0 aliphatic carbocycles. The van der Waals surface area contributed by atoms with Crippen LogP contribution in [0.5, 0.6) is 5.75 Å². The summed E-state index contributed by atoms with van der Waals surface area (Å²) in [6.45, 7) is 0. The molecule has 5 nitrogen and oxygen atoms in total. The van der Waals surface area contributed by atoms with Crippen molar-refractivity contribution in [3.63, 3.8) is 0 Å². The number of carbonyl (C=O) groups is 1. The number of hydrogen-bond donors (Lipinski definition) is 2. The molecule has 0 aliphatic heterocycles. The van der Waals surface area contributed by atoms with Crippen molar-refractivity contribution in [3.05, 3.63) is 53.9 Å². The second-order valence-electron chi connectivity index (χ2n) is 3.86. The van der Waals surface area contributed by atoms with Crippen LogP contribution in [0.1, 0.15) is 15.9 Å². The number of phenols is 1. The van der Waals surface area contributed by atoms with Crippen LogP contribution < -0.4 is 5.43 Å². The molecule has 5 heteroatoms. The van der Waals surface area contributed by atoms with Crippen LogP contribution in [0.3, 0.4) is 0 Å². The number of rotatable bonds is 3. The number of carbonyl (C=O) groups excluding carboxylic acids is 1. The Labute approximate surface area is 104 Å². The van der Waals surface area contributed by atoms with Gasteiger partial charge in [0.1, 0.15) is 5.75 Å². The zero-order valence-corrected chi connectivity index (χ0v) is 9.87. The molecule has 2 aromatic rings. The van der Waals surface area contributed by atoms with Gasteiger partial charge in [-0.3, -0.25) is 4.79 Å². The highest BCUT2D eigenvalue weighted by Crippen LogP contribution is 2.10. The van der Waals surface area contributed by atoms with E-state index >= 15 is 0 Å². The number of hydrogen-bond acceptors (Lipinski definition) is 3. The lowest BCUT2D eigenvalue weighted by Gasteiger charge is -1.99. The van der Waals surface area contributed by atoms with Gasteiger partial charge in [-0.25, -0.2) is 5.43 Å². The van der Waals surface area contributed by atoms with Gasteiger partial charge in [0.15, 0.2) is 0 Å². The van der Waals surface area contributed by atoms with Crippen molar-refractivity contribution in [2.75, 3.05) is 0 Å². The van der Waals surface area contributed by atoms with Crippen LogP contribution in [0, 0.1) is 0 Å². The molecule has 0 atom stereocenters. The molecule has 18 heavy (non-hydrogen) atoms. The predicted molar refractivity (Wildman–Crippen MR) is 68.6 cm³/mol. The van der Waals surface area contributed by atoms with Gasteiger partial charge >= 0.3 is 0 Å². The van der Waals surface area contributed by atoms with Gasteiger partial charge in [-0.05, 0) is 24.3 Å². The number of amides is 1. The van der Waals surface area contributed by atoms with Gasteiger partial charge in [0, 0.05) is 30.6 Å². The zero-order valence-electron chi connectivity index (χ0n) is 9.87. The molecule has 2 rings (SSSR count). The molecule has 2 N–H and O–H groups in total. The predicted octanol–water partition coefficient (Wildman–Crippen LogP) is 1.49. The van der Waals surface area contributed by atoms with Crippen molar-refractivity contribution in [1.29, 1.82) is 0 Å². The first-order valence-corrected chi connectivity index (χ1v) is 5.39. The maximum Gasteiger partial charge on any atom is 0.271 e. The second-order valence-corrected chi connectivity index (χ2v) is 3.86. The number of benzene rings is 1. The van der Waals surface area contributed by atoms with Crippen molar-refractivity contribution in [3.8, 4) is 5.75 Å². The van der Waals surface area contributed by atoms with Crippen LogP contribution in [0.2, 0.25) is 0 Å². The van der Waals surface area contributed by atoms with Crippen molar-refractivity contribution in [2.45, 2.75) is 0 Å². The molecular weight excluding hydrogens is 230 g/mol. The smallest absolute Gasteiger partial charge is 0.271 e. The van der Waals surface area contributed by atoms with Gasteiger partial charge < -0.3 is 9.67 Å². The Hall–Kier alpha value is -2.56. The van der Waals surface area contributed by atoms with E-state index in [2.05, 4.69) is 10.5 Å². The van der Waals surface area contributed by atoms with Crippen LogP contribution in [0.15, 0.2) is 47.8 Å². The molecule has 1 aromatic carbocycles. The minimum atomic E-state index is -0.363. The number of hydrazone groups is 1. The molecule has 0 spiro atoms. The SMILES string of the molecule is Cn1ccc(/C=N/NC(=O)c2cccc(O)c2)c1. The maximum atomic E-state index is 11.7. The van der Waals surface area contributed by atoms with Crippen LogP contribution >= 0.6 is 0 Å². The van der Waals surface area contributed by atoms with E-state index in [-0.39, 0.29) is 11.7 Å². The highest BCUT2D eigenvalue weighted by Gasteiger charge is 2.03. The Kier molecular flexibility index (Phi) is 3.43. The van der Waals surface area contributed by atoms with Gasteiger partial charge in [0.05, 0.1) is 6.21 Å². The summed E-state index contributed by atoms with van der Waals surface area (Å²) in [7, 11) is 1.91. The quantitative estimate of drug-likeness (QED) is 0.633. The van der Waals surface area contributed by atoms with E-state index in [0.29, 0.717) is 5.56 Å². The van der Waals surface area contributed by atoms with E-state index < -0.39 is 0 Å². The number of aromatic hydroxyl groups is 1. The van der Waals surface area contributed by atoms with E-state index in [9.17, 15) is 9.90 Å². The number of nitrogens with zero attached hydrogens (tertiary/aromatic N) is 2. The van der Waals surface area contributed by atoms with Crippen LogP contribution in [-0.4, -0.2) is 21.8 Å². The highest BCUT2D eigenvalue weighted by atomic mass is 16.3. The summed E-state index contributed by atoms with van der Waals surface area (Å²) in [6.07, 6.45) is 5.32. The van der Waals surface area contributed by atoms with Crippen LogP contribution in [0.25, 0.3) is 0 Å². The molecule has 1 aromatic heterocycles. The lowest BCUT2D eigenvalue weighted by Crippen LogP contribution is -2.17. The molecule has 0 saturated carbocycles. The van der Waals surface area contributed by atoms with E-state index in [4.69, 9.17) is 0 Å². The fourth-order valence-electron chi connectivity index (χ4n) is 1.48. The van der Waals surface area contributed by atoms with Crippen molar-refractivity contribution in [2.24, 2.45) is 12.1 Å². The summed E-state index contributed by atoms with van der Waals surface area (Å²) in [5, 5.41) is 13.1. The molecule has 0 radical (unpaired) electrons. The fourth-order valence-corrected chi connectivity index (χ4v) is 1.48. The lowest BCUT2D eigenvalue weighted by molar-refractivity contribution is 0.0954. The van der Waals surface area contributed by atoms with Gasteiger partial charge in [-0.2, -0.15) is 5.10 Å². The number of phenolic OH excluding ortho intramolecular Hbond substituents is 1. The standard InChI is InChI=1S/C13H13N3O2/c1-16-6-5-10(9-16)8-14-15-13(18)11-3-2-4-12(17)7-11/h2-9,17H,1H3,(H,15,18)/b14-8+. The van der Waals surface area contributed by atoms with Gasteiger partial charge in [0.25, 0.3) is 5.91 Å². The average molecular weight is 243 g/mol. The second kappa shape index (κ2) is 5.18. The largest absolute Gasteiger partial charge is 0.508 e. The van der Waals surface area contributed by atoms with Crippen molar-refractivity contribution < 1.29 is 9.90 Å². The Balaban J connectivity index is 1.98. The Bertz CT molecular complexity index is 587. The first-order chi connectivity index (χ1) is 8.65. The van der Waals surface area contributed by atoms with Gasteiger partial charge in [0.2, 0.25) is 0 Å². The third-order valence-electron chi connectivity index (χ3n) is 2.34. The van der Waals surface area contributed by atoms with E-state index in [1.54, 1.807) is 18.3 Å². The Morgan fingerprint density at radius 2 is 2.28 bits per heavy atom. The molecule has 0 bridgehead atoms. The molecule has 0 unspecified atom stereocenters. The molecule has 92 valence electrons. The van der Waals surface area contributed by atoms with Crippen molar-refractivity contribution in [1.82, 2.24) is 9.99 Å². The zero-order chi connectivity index (χ0) is 13.0. The molecular formula is C13H13N3O2. The van der Waals surface area contributed by atoms with E-state index in [1.165, 1.54) is 12.1 Å². The molecule has 0 aliphatic rings. The van der Waals surface area contributed by atoms with Gasteiger partial charge in [-0.1, -0.05) is 6.07 Å². The van der Waals surface area contributed by atoms with E-state index in [1.807, 2.05) is 30.1 Å². The van der Waals surface area contributed by atoms with E-state index in [0.717, 1.165) is 5.56 Å². The third kappa shape index (κ3) is 2.98. The minimum absolute atomic E-state index is 0.0506. The average Bonchev–Trinajstić information content (AvgIpc) is 2.75. The maximum absolute atomic E-state index is 11.7. The molecule has 1 amide bonds. The molecule has 0 saturated heterocycles. The van der Waals surface area contributed by atoms with Crippen LogP contribution in [-0.2, 0) is 7.05 Å². The fraction of sp³-hybridized carbons (Fsp3) is 0.0769. The Morgan fingerprint density at radius 3 is 2.94 bits per heavy atom. The molecule has 1 heterocycles. The normalized spacial score (nSPS) is 10.7. The molecule has 0 fully saturated rings. The number of aryl methyl sites for hydroxylation is 1. The van der Waals surface area contributed by atoms with Crippen molar-refractivity contribution >= 4 is 12.1 Å². The number of nitrogens with one attached hydrogen (secondary N) is 1. The summed E-state index contributed by atoms with van der Waals surface area (Å²) in [5.74, 6) is -0.312. The summed E-state index contributed by atoms with van der Waals surface area (Å²) in [5.41, 5.74) is 3.65. The summed E-state index contributed by atoms with van der Waals surface area (Å²) in [4.78, 5) is 11.7. The summed E-state index contributed by atoms with van der Waals surface area (Å²) < 4.78 is 1.89. The Morgan fingerprint density at radius 1 is 1.44 bits per heavy atom. The van der Waals surface area contributed by atoms with Gasteiger partial charge in [-0.15, -0.1) is 0 Å². The first-order valence-electron chi connectivity index (χ1n) is 5.39. The first kappa shape index (κ1) is 11.9. The topological polar surface area (TPSA) is 66.6 Å². The van der Waals surface area contributed by atoms with Crippen LogP contribution in [0.4, 0.5) is 0 Å². The number of aromatic nitrogens is 1. The highest BCUT2D eigenvalue weighted by molar-refractivity contribution is 5.95. The summed E-state index contributed by atoms with van der Waals surface area (Å²) in [6, 6.07) is 7.97.